The van der Waals surface area contributed by atoms with Gasteiger partial charge in [-0.1, -0.05) is 19.4 Å². The molecule has 0 fully saturated rings. The topological polar surface area (TPSA) is 66.9 Å². The van der Waals surface area contributed by atoms with Crippen LogP contribution in [0, 0.1) is 5.82 Å². The molecular weight excluding hydrogens is 271 g/mol. The van der Waals surface area contributed by atoms with E-state index in [1.54, 1.807) is 12.1 Å². The van der Waals surface area contributed by atoms with Crippen LogP contribution in [0.25, 0.3) is 0 Å². The lowest BCUT2D eigenvalue weighted by Gasteiger charge is -2.07. The fourth-order valence-corrected chi connectivity index (χ4v) is 1.71. The van der Waals surface area contributed by atoms with E-state index in [1.165, 1.54) is 24.4 Å². The number of benzene rings is 1. The van der Waals surface area contributed by atoms with Crippen LogP contribution in [0.1, 0.15) is 30.3 Å². The highest BCUT2D eigenvalue weighted by Crippen LogP contribution is 2.13. The number of aromatic nitrogens is 2. The van der Waals surface area contributed by atoms with Crippen molar-refractivity contribution < 1.29 is 9.18 Å². The van der Waals surface area contributed by atoms with Gasteiger partial charge < -0.3 is 10.6 Å². The fourth-order valence-electron chi connectivity index (χ4n) is 1.71. The first-order chi connectivity index (χ1) is 10.2. The lowest BCUT2D eigenvalue weighted by molar-refractivity contribution is 0.0948. The summed E-state index contributed by atoms with van der Waals surface area (Å²) >= 11 is 0. The predicted molar refractivity (Wildman–Crippen MR) is 79.0 cm³/mol. The second-order valence-electron chi connectivity index (χ2n) is 4.51. The van der Waals surface area contributed by atoms with E-state index < -0.39 is 0 Å². The second-order valence-corrected chi connectivity index (χ2v) is 4.51. The maximum atomic E-state index is 13.1. The van der Waals surface area contributed by atoms with Crippen LogP contribution in [0.2, 0.25) is 0 Å². The fraction of sp³-hybridized carbons (Fsp3) is 0.267. The number of hydrogen-bond acceptors (Lipinski definition) is 4. The Balaban J connectivity index is 2.05. The van der Waals surface area contributed by atoms with Crippen molar-refractivity contribution in [2.75, 3.05) is 11.9 Å². The number of unbranched alkanes of at least 4 members (excludes halogenated alkanes) is 1. The third-order valence-electron chi connectivity index (χ3n) is 2.78. The van der Waals surface area contributed by atoms with E-state index in [1.807, 2.05) is 0 Å². The van der Waals surface area contributed by atoms with Crippen LogP contribution in [0.4, 0.5) is 16.0 Å². The molecule has 1 aromatic carbocycles. The molecule has 1 amide bonds. The van der Waals surface area contributed by atoms with Gasteiger partial charge in [-0.05, 0) is 30.7 Å². The normalized spacial score (nSPS) is 10.2. The summed E-state index contributed by atoms with van der Waals surface area (Å²) in [6.45, 7) is 2.67. The van der Waals surface area contributed by atoms with Crippen LogP contribution < -0.4 is 10.6 Å². The number of carbonyl (C=O) groups is 1. The number of nitrogens with zero attached hydrogens (tertiary/aromatic N) is 2. The lowest BCUT2D eigenvalue weighted by Crippen LogP contribution is -2.25. The highest BCUT2D eigenvalue weighted by Gasteiger charge is 2.08. The monoisotopic (exact) mass is 288 g/mol. The second kappa shape index (κ2) is 7.33. The zero-order valence-electron chi connectivity index (χ0n) is 11.8. The van der Waals surface area contributed by atoms with Crippen LogP contribution in [0.5, 0.6) is 0 Å². The van der Waals surface area contributed by atoms with Gasteiger partial charge in [0, 0.05) is 18.4 Å². The number of amides is 1. The van der Waals surface area contributed by atoms with E-state index in [-0.39, 0.29) is 23.4 Å². The van der Waals surface area contributed by atoms with Crippen LogP contribution in [0.15, 0.2) is 36.5 Å². The first-order valence-corrected chi connectivity index (χ1v) is 6.83. The van der Waals surface area contributed by atoms with Crippen molar-refractivity contribution in [2.45, 2.75) is 19.8 Å². The molecule has 0 radical (unpaired) electrons. The summed E-state index contributed by atoms with van der Waals surface area (Å²) in [5, 5.41) is 5.65. The molecule has 0 saturated heterocycles. The third-order valence-corrected chi connectivity index (χ3v) is 2.78. The predicted octanol–water partition coefficient (Wildman–Crippen LogP) is 2.89. The van der Waals surface area contributed by atoms with Gasteiger partial charge in [0.1, 0.15) is 11.5 Å². The van der Waals surface area contributed by atoms with Crippen molar-refractivity contribution in [1.29, 1.82) is 0 Å². The number of hydrogen-bond donors (Lipinski definition) is 2. The third kappa shape index (κ3) is 4.52. The Morgan fingerprint density at radius 1 is 1.33 bits per heavy atom. The van der Waals surface area contributed by atoms with E-state index in [2.05, 4.69) is 27.5 Å². The maximum absolute atomic E-state index is 13.1. The molecule has 0 spiro atoms. The molecule has 21 heavy (non-hydrogen) atoms. The molecule has 0 aliphatic heterocycles. The van der Waals surface area contributed by atoms with Crippen molar-refractivity contribution >= 4 is 17.5 Å². The molecule has 0 aliphatic rings. The van der Waals surface area contributed by atoms with Gasteiger partial charge in [-0.15, -0.1) is 0 Å². The minimum Gasteiger partial charge on any atom is -0.351 e. The molecule has 1 aromatic heterocycles. The van der Waals surface area contributed by atoms with Gasteiger partial charge in [0.25, 0.3) is 5.91 Å². The van der Waals surface area contributed by atoms with Gasteiger partial charge in [-0.25, -0.2) is 14.4 Å². The Morgan fingerprint density at radius 2 is 2.19 bits per heavy atom. The van der Waals surface area contributed by atoms with Crippen molar-refractivity contribution in [3.05, 3.63) is 48.0 Å². The maximum Gasteiger partial charge on any atom is 0.270 e. The Kier molecular flexibility index (Phi) is 5.20. The zero-order chi connectivity index (χ0) is 15.1. The van der Waals surface area contributed by atoms with Crippen molar-refractivity contribution in [3.8, 4) is 0 Å². The molecule has 2 aromatic rings. The highest BCUT2D eigenvalue weighted by atomic mass is 19.1. The summed E-state index contributed by atoms with van der Waals surface area (Å²) in [5.74, 6) is -0.342. The molecule has 5 nitrogen and oxygen atoms in total. The lowest BCUT2D eigenvalue weighted by atomic mass is 10.3. The van der Waals surface area contributed by atoms with Crippen molar-refractivity contribution in [1.82, 2.24) is 15.3 Å². The molecule has 0 aliphatic carbocycles. The van der Waals surface area contributed by atoms with Crippen LogP contribution in [-0.2, 0) is 0 Å². The molecule has 0 unspecified atom stereocenters. The molecule has 0 saturated carbocycles. The largest absolute Gasteiger partial charge is 0.351 e. The first-order valence-electron chi connectivity index (χ1n) is 6.83. The van der Waals surface area contributed by atoms with Gasteiger partial charge in [-0.2, -0.15) is 0 Å². The average Bonchev–Trinajstić information content (AvgIpc) is 2.48. The van der Waals surface area contributed by atoms with Crippen molar-refractivity contribution in [2.24, 2.45) is 0 Å². The Labute approximate surface area is 122 Å². The van der Waals surface area contributed by atoms with Crippen LogP contribution in [-0.4, -0.2) is 22.4 Å². The molecule has 0 atom stereocenters. The number of anilines is 2. The Bertz CT molecular complexity index is 618. The highest BCUT2D eigenvalue weighted by molar-refractivity contribution is 5.92. The van der Waals surface area contributed by atoms with Crippen LogP contribution in [0.3, 0.4) is 0 Å². The van der Waals surface area contributed by atoms with Crippen molar-refractivity contribution in [3.63, 3.8) is 0 Å². The number of nitrogens with one attached hydrogen (secondary N) is 2. The van der Waals surface area contributed by atoms with Gasteiger partial charge in [0.05, 0.1) is 0 Å². The molecule has 6 heteroatoms. The summed E-state index contributed by atoms with van der Waals surface area (Å²) in [6, 6.07) is 7.50. The smallest absolute Gasteiger partial charge is 0.270 e. The molecule has 2 rings (SSSR count). The summed E-state index contributed by atoms with van der Waals surface area (Å²) in [6.07, 6.45) is 3.42. The van der Waals surface area contributed by atoms with Gasteiger partial charge in [0.15, 0.2) is 0 Å². The zero-order valence-corrected chi connectivity index (χ0v) is 11.8. The van der Waals surface area contributed by atoms with E-state index in [4.69, 9.17) is 0 Å². The van der Waals surface area contributed by atoms with E-state index in [0.717, 1.165) is 12.8 Å². The van der Waals surface area contributed by atoms with Gasteiger partial charge in [-0.3, -0.25) is 4.79 Å². The summed E-state index contributed by atoms with van der Waals surface area (Å²) in [7, 11) is 0. The molecule has 0 bridgehead atoms. The van der Waals surface area contributed by atoms with E-state index in [0.29, 0.717) is 12.2 Å². The van der Waals surface area contributed by atoms with E-state index >= 15 is 0 Å². The Morgan fingerprint density at radius 3 is 2.95 bits per heavy atom. The van der Waals surface area contributed by atoms with Gasteiger partial charge in [0.2, 0.25) is 5.95 Å². The number of halogens is 1. The molecule has 2 N–H and O–H groups in total. The van der Waals surface area contributed by atoms with Gasteiger partial charge >= 0.3 is 0 Å². The average molecular weight is 288 g/mol. The van der Waals surface area contributed by atoms with Crippen LogP contribution >= 0.6 is 0 Å². The summed E-state index contributed by atoms with van der Waals surface area (Å²) < 4.78 is 13.1. The molecule has 1 heterocycles. The van der Waals surface area contributed by atoms with E-state index in [9.17, 15) is 9.18 Å². The molecule has 110 valence electrons. The standard InChI is InChI=1S/C15H17FN4O/c1-2-3-8-17-14(21)13-7-9-18-15(20-13)19-12-6-4-5-11(16)10-12/h4-7,9-10H,2-3,8H2,1H3,(H,17,21)(H,18,19,20). The molecular formula is C15H17FN4O. The first kappa shape index (κ1) is 14.9. The minimum atomic E-state index is -0.353. The summed E-state index contributed by atoms with van der Waals surface area (Å²) in [4.78, 5) is 20.0. The number of carbonyl (C=O) groups excluding carboxylic acids is 1. The Hall–Kier alpha value is -2.50. The summed E-state index contributed by atoms with van der Waals surface area (Å²) in [5.41, 5.74) is 0.804. The SMILES string of the molecule is CCCCNC(=O)c1ccnc(Nc2cccc(F)c2)n1. The quantitative estimate of drug-likeness (QED) is 0.802. The minimum absolute atomic E-state index is 0.242. The number of rotatable bonds is 6.